The minimum absolute atomic E-state index is 0.0629. The summed E-state index contributed by atoms with van der Waals surface area (Å²) in [4.78, 5) is 16.1. The number of amides is 1. The fraction of sp³-hybridized carbons (Fsp3) is 0.562. The van der Waals surface area contributed by atoms with E-state index in [0.717, 1.165) is 5.56 Å². The molecule has 8 heteroatoms. The Morgan fingerprint density at radius 1 is 1.29 bits per heavy atom. The van der Waals surface area contributed by atoms with Gasteiger partial charge < -0.3 is 4.90 Å². The SMILES string of the molecule is CC(C(=O)N(C)Cc1cccc(F)c1)N1CCN(S(C)(=O)=O)CC1. The van der Waals surface area contributed by atoms with Crippen LogP contribution in [0.4, 0.5) is 4.39 Å². The lowest BCUT2D eigenvalue weighted by Gasteiger charge is -2.37. The van der Waals surface area contributed by atoms with Crippen molar-refractivity contribution in [3.05, 3.63) is 35.6 Å². The number of nitrogens with zero attached hydrogens (tertiary/aromatic N) is 3. The number of sulfonamides is 1. The second-order valence-electron chi connectivity index (χ2n) is 6.20. The molecule has 1 aromatic carbocycles. The van der Waals surface area contributed by atoms with Gasteiger partial charge in [0, 0.05) is 39.8 Å². The van der Waals surface area contributed by atoms with Crippen LogP contribution in [0.25, 0.3) is 0 Å². The molecule has 1 saturated heterocycles. The van der Waals surface area contributed by atoms with Crippen LogP contribution in [0.1, 0.15) is 12.5 Å². The third kappa shape index (κ3) is 4.75. The number of hydrogen-bond acceptors (Lipinski definition) is 4. The highest BCUT2D eigenvalue weighted by Crippen LogP contribution is 2.13. The van der Waals surface area contributed by atoms with E-state index in [4.69, 9.17) is 0 Å². The molecule has 0 N–H and O–H groups in total. The number of likely N-dealkylation sites (N-methyl/N-ethyl adjacent to an activating group) is 1. The second kappa shape index (κ2) is 7.58. The summed E-state index contributed by atoms with van der Waals surface area (Å²) in [6, 6.07) is 5.85. The van der Waals surface area contributed by atoms with Crippen LogP contribution in [0.2, 0.25) is 0 Å². The van der Waals surface area contributed by atoms with Gasteiger partial charge in [0.1, 0.15) is 5.82 Å². The third-order valence-corrected chi connectivity index (χ3v) is 5.64. The number of piperazine rings is 1. The van der Waals surface area contributed by atoms with Gasteiger partial charge in [-0.15, -0.1) is 0 Å². The summed E-state index contributed by atoms with van der Waals surface area (Å²) >= 11 is 0. The molecule has 1 aliphatic rings. The lowest BCUT2D eigenvalue weighted by Crippen LogP contribution is -2.54. The van der Waals surface area contributed by atoms with Crippen molar-refractivity contribution in [2.45, 2.75) is 19.5 Å². The lowest BCUT2D eigenvalue weighted by atomic mass is 10.1. The Kier molecular flexibility index (Phi) is 5.95. The van der Waals surface area contributed by atoms with E-state index in [0.29, 0.717) is 32.7 Å². The van der Waals surface area contributed by atoms with Crippen molar-refractivity contribution in [3.8, 4) is 0 Å². The van der Waals surface area contributed by atoms with Gasteiger partial charge >= 0.3 is 0 Å². The highest BCUT2D eigenvalue weighted by Gasteiger charge is 2.30. The molecule has 1 aromatic rings. The molecule has 2 rings (SSSR count). The average molecular weight is 357 g/mol. The third-order valence-electron chi connectivity index (χ3n) is 4.33. The molecule has 6 nitrogen and oxygen atoms in total. The number of carbonyl (C=O) groups excluding carboxylic acids is 1. The molecular formula is C16H24FN3O3S. The first-order chi connectivity index (χ1) is 11.2. The topological polar surface area (TPSA) is 60.9 Å². The van der Waals surface area contributed by atoms with E-state index in [1.165, 1.54) is 22.7 Å². The fourth-order valence-corrected chi connectivity index (χ4v) is 3.71. The Hall–Kier alpha value is -1.51. The molecule has 0 bridgehead atoms. The molecular weight excluding hydrogens is 333 g/mol. The van der Waals surface area contributed by atoms with Crippen molar-refractivity contribution in [2.24, 2.45) is 0 Å². The molecule has 1 amide bonds. The quantitative estimate of drug-likeness (QED) is 0.780. The Balaban J connectivity index is 1.92. The molecule has 1 heterocycles. The fourth-order valence-electron chi connectivity index (χ4n) is 2.88. The summed E-state index contributed by atoms with van der Waals surface area (Å²) < 4.78 is 37.7. The van der Waals surface area contributed by atoms with E-state index in [9.17, 15) is 17.6 Å². The standard InChI is InChI=1S/C16H24FN3O3S/c1-13(19-7-9-20(10-8-19)24(3,22)23)16(21)18(2)12-14-5-4-6-15(17)11-14/h4-6,11,13H,7-10,12H2,1-3H3. The van der Waals surface area contributed by atoms with Gasteiger partial charge in [-0.2, -0.15) is 4.31 Å². The van der Waals surface area contributed by atoms with E-state index < -0.39 is 10.0 Å². The van der Waals surface area contributed by atoms with Crippen LogP contribution >= 0.6 is 0 Å². The first kappa shape index (κ1) is 18.8. The van der Waals surface area contributed by atoms with Gasteiger partial charge in [-0.3, -0.25) is 9.69 Å². The minimum atomic E-state index is -3.18. The summed E-state index contributed by atoms with van der Waals surface area (Å²) in [5, 5.41) is 0. The minimum Gasteiger partial charge on any atom is -0.340 e. The van der Waals surface area contributed by atoms with Gasteiger partial charge in [0.05, 0.1) is 12.3 Å². The monoisotopic (exact) mass is 357 g/mol. The summed E-state index contributed by atoms with van der Waals surface area (Å²) in [6.07, 6.45) is 1.20. The first-order valence-corrected chi connectivity index (χ1v) is 9.72. The van der Waals surface area contributed by atoms with E-state index in [2.05, 4.69) is 0 Å². The number of halogens is 1. The van der Waals surface area contributed by atoms with Crippen molar-refractivity contribution >= 4 is 15.9 Å². The van der Waals surface area contributed by atoms with Crippen molar-refractivity contribution < 1.29 is 17.6 Å². The maximum atomic E-state index is 13.2. The molecule has 0 radical (unpaired) electrons. The van der Waals surface area contributed by atoms with Gasteiger partial charge in [0.15, 0.2) is 0 Å². The van der Waals surface area contributed by atoms with Gasteiger partial charge in [-0.25, -0.2) is 12.8 Å². The average Bonchev–Trinajstić information content (AvgIpc) is 2.52. The number of carbonyl (C=O) groups is 1. The predicted molar refractivity (Wildman–Crippen MR) is 90.3 cm³/mol. The highest BCUT2D eigenvalue weighted by molar-refractivity contribution is 7.88. The molecule has 134 valence electrons. The van der Waals surface area contributed by atoms with Crippen LogP contribution in [-0.2, 0) is 21.4 Å². The molecule has 0 spiro atoms. The number of benzene rings is 1. The maximum absolute atomic E-state index is 13.2. The maximum Gasteiger partial charge on any atom is 0.239 e. The van der Waals surface area contributed by atoms with Gasteiger partial charge in [0.25, 0.3) is 0 Å². The normalized spacial score (nSPS) is 18.3. The van der Waals surface area contributed by atoms with Crippen LogP contribution in [0, 0.1) is 5.82 Å². The van der Waals surface area contributed by atoms with Gasteiger partial charge in [0.2, 0.25) is 15.9 Å². The molecule has 24 heavy (non-hydrogen) atoms. The Morgan fingerprint density at radius 2 is 1.92 bits per heavy atom. The summed E-state index contributed by atoms with van der Waals surface area (Å²) in [5.41, 5.74) is 0.736. The van der Waals surface area contributed by atoms with Gasteiger partial charge in [-0.1, -0.05) is 12.1 Å². The van der Waals surface area contributed by atoms with Crippen LogP contribution < -0.4 is 0 Å². The Bertz CT molecular complexity index is 688. The Labute approximate surface area is 142 Å². The number of rotatable bonds is 5. The Morgan fingerprint density at radius 3 is 2.46 bits per heavy atom. The first-order valence-electron chi connectivity index (χ1n) is 7.87. The van der Waals surface area contributed by atoms with Gasteiger partial charge in [-0.05, 0) is 24.6 Å². The smallest absolute Gasteiger partial charge is 0.239 e. The van der Waals surface area contributed by atoms with E-state index in [1.54, 1.807) is 24.1 Å². The molecule has 1 aliphatic heterocycles. The molecule has 1 atom stereocenters. The second-order valence-corrected chi connectivity index (χ2v) is 8.18. The van der Waals surface area contributed by atoms with E-state index in [-0.39, 0.29) is 17.8 Å². The van der Waals surface area contributed by atoms with E-state index >= 15 is 0 Å². The van der Waals surface area contributed by atoms with Crippen LogP contribution in [0.3, 0.4) is 0 Å². The predicted octanol–water partition coefficient (Wildman–Crippen LogP) is 0.750. The van der Waals surface area contributed by atoms with Crippen molar-refractivity contribution in [1.82, 2.24) is 14.1 Å². The number of hydrogen-bond donors (Lipinski definition) is 0. The van der Waals surface area contributed by atoms with E-state index in [1.807, 2.05) is 11.8 Å². The summed E-state index contributed by atoms with van der Waals surface area (Å²) in [6.45, 7) is 3.99. The van der Waals surface area contributed by atoms with Crippen molar-refractivity contribution in [2.75, 3.05) is 39.5 Å². The van der Waals surface area contributed by atoms with Crippen LogP contribution in [-0.4, -0.2) is 74.0 Å². The van der Waals surface area contributed by atoms with Crippen LogP contribution in [0.5, 0.6) is 0 Å². The summed E-state index contributed by atoms with van der Waals surface area (Å²) in [7, 11) is -1.49. The zero-order chi connectivity index (χ0) is 17.9. The molecule has 0 aliphatic carbocycles. The zero-order valence-electron chi connectivity index (χ0n) is 14.3. The van der Waals surface area contributed by atoms with Crippen LogP contribution in [0.15, 0.2) is 24.3 Å². The lowest BCUT2D eigenvalue weighted by molar-refractivity contribution is -0.136. The van der Waals surface area contributed by atoms with Crippen molar-refractivity contribution in [1.29, 1.82) is 0 Å². The highest BCUT2D eigenvalue weighted by atomic mass is 32.2. The zero-order valence-corrected chi connectivity index (χ0v) is 15.1. The summed E-state index contributed by atoms with van der Waals surface area (Å²) in [5.74, 6) is -0.384. The largest absolute Gasteiger partial charge is 0.340 e. The molecule has 0 aromatic heterocycles. The molecule has 1 fully saturated rings. The molecule has 1 unspecified atom stereocenters. The van der Waals surface area contributed by atoms with Crippen molar-refractivity contribution in [3.63, 3.8) is 0 Å². The molecule has 0 saturated carbocycles.